The number of amides is 4. The molecule has 0 spiro atoms. The van der Waals surface area contributed by atoms with Gasteiger partial charge in [-0.05, 0) is 55.2 Å². The highest BCUT2D eigenvalue weighted by Gasteiger charge is 2.17. The summed E-state index contributed by atoms with van der Waals surface area (Å²) in [5.74, 6) is -0.698. The summed E-state index contributed by atoms with van der Waals surface area (Å²) in [6, 6.07) is 12.0. The Morgan fingerprint density at radius 1 is 1.00 bits per heavy atom. The molecule has 158 valence electrons. The average molecular weight is 409 g/mol. The molecule has 0 saturated carbocycles. The zero-order valence-electron chi connectivity index (χ0n) is 17.0. The number of nitrogens with zero attached hydrogens (tertiary/aromatic N) is 1. The van der Waals surface area contributed by atoms with Crippen molar-refractivity contribution in [3.8, 4) is 0 Å². The topological polar surface area (TPSA) is 117 Å². The zero-order valence-corrected chi connectivity index (χ0v) is 17.0. The van der Waals surface area contributed by atoms with Crippen molar-refractivity contribution in [1.82, 2.24) is 5.32 Å². The molecule has 0 radical (unpaired) electrons. The number of urea groups is 1. The number of hydrogen-bond acceptors (Lipinski definition) is 4. The van der Waals surface area contributed by atoms with Gasteiger partial charge in [-0.1, -0.05) is 12.1 Å². The second-order valence-electron chi connectivity index (χ2n) is 7.33. The predicted octanol–water partition coefficient (Wildman–Crippen LogP) is 3.06. The summed E-state index contributed by atoms with van der Waals surface area (Å²) in [6.07, 6.45) is 3.37. The molecule has 4 amide bonds. The Labute approximate surface area is 175 Å². The number of benzene rings is 2. The van der Waals surface area contributed by atoms with E-state index in [1.807, 2.05) is 18.2 Å². The minimum atomic E-state index is -0.543. The van der Waals surface area contributed by atoms with Gasteiger partial charge in [0.2, 0.25) is 11.8 Å². The molecule has 8 nitrogen and oxygen atoms in total. The monoisotopic (exact) mass is 409 g/mol. The Balaban J connectivity index is 1.69. The summed E-state index contributed by atoms with van der Waals surface area (Å²) in [5.41, 5.74) is 8.70. The fraction of sp³-hybridized carbons (Fsp3) is 0.318. The normalized spacial score (nSPS) is 13.4. The van der Waals surface area contributed by atoms with Gasteiger partial charge in [-0.25, -0.2) is 4.79 Å². The van der Waals surface area contributed by atoms with Crippen molar-refractivity contribution in [2.24, 2.45) is 5.73 Å². The van der Waals surface area contributed by atoms with Crippen molar-refractivity contribution in [2.45, 2.75) is 32.7 Å². The van der Waals surface area contributed by atoms with Gasteiger partial charge in [0.15, 0.2) is 0 Å². The molecular weight excluding hydrogens is 382 g/mol. The van der Waals surface area contributed by atoms with Gasteiger partial charge in [0.1, 0.15) is 0 Å². The van der Waals surface area contributed by atoms with E-state index in [4.69, 9.17) is 5.73 Å². The van der Waals surface area contributed by atoms with Crippen LogP contribution >= 0.6 is 0 Å². The third-order valence-corrected chi connectivity index (χ3v) is 4.93. The van der Waals surface area contributed by atoms with E-state index in [1.54, 1.807) is 24.3 Å². The summed E-state index contributed by atoms with van der Waals surface area (Å²) in [4.78, 5) is 37.5. The minimum Gasteiger partial charge on any atom is -0.370 e. The van der Waals surface area contributed by atoms with E-state index in [2.05, 4.69) is 20.9 Å². The second-order valence-corrected chi connectivity index (χ2v) is 7.33. The zero-order chi connectivity index (χ0) is 21.5. The Kier molecular flexibility index (Phi) is 6.90. The Bertz CT molecular complexity index is 938. The molecule has 0 aliphatic carbocycles. The molecule has 1 aliphatic rings. The number of nitrogens with two attached hydrogens (primary N) is 1. The van der Waals surface area contributed by atoms with Gasteiger partial charge in [0.25, 0.3) is 0 Å². The first kappa shape index (κ1) is 21.2. The van der Waals surface area contributed by atoms with E-state index < -0.39 is 5.91 Å². The van der Waals surface area contributed by atoms with Crippen LogP contribution in [-0.4, -0.2) is 30.9 Å². The molecule has 0 aromatic heterocycles. The lowest BCUT2D eigenvalue weighted by molar-refractivity contribution is -0.114. The van der Waals surface area contributed by atoms with Crippen molar-refractivity contribution < 1.29 is 14.4 Å². The SMILES string of the molecule is CC(=O)Nc1cccc(CNC(=O)Nc2cc(C(N)=O)ccc2N2CCCCC2)c1. The number of rotatable bonds is 6. The fourth-order valence-electron chi connectivity index (χ4n) is 3.51. The molecule has 2 aromatic carbocycles. The Morgan fingerprint density at radius 3 is 2.47 bits per heavy atom. The minimum absolute atomic E-state index is 0.155. The number of anilines is 3. The van der Waals surface area contributed by atoms with Crippen LogP contribution in [0.15, 0.2) is 42.5 Å². The molecule has 1 heterocycles. The van der Waals surface area contributed by atoms with Crippen LogP contribution in [0.4, 0.5) is 21.9 Å². The van der Waals surface area contributed by atoms with Crippen LogP contribution in [-0.2, 0) is 11.3 Å². The van der Waals surface area contributed by atoms with Crippen LogP contribution in [0.25, 0.3) is 0 Å². The first-order valence-corrected chi connectivity index (χ1v) is 10.0. The number of carbonyl (C=O) groups excluding carboxylic acids is 3. The summed E-state index contributed by atoms with van der Waals surface area (Å²) < 4.78 is 0. The molecule has 3 rings (SSSR count). The molecule has 2 aromatic rings. The molecule has 0 bridgehead atoms. The van der Waals surface area contributed by atoms with Crippen molar-refractivity contribution >= 4 is 34.9 Å². The molecule has 1 fully saturated rings. The van der Waals surface area contributed by atoms with Crippen LogP contribution in [0.1, 0.15) is 42.1 Å². The molecule has 1 aliphatic heterocycles. The van der Waals surface area contributed by atoms with Gasteiger partial charge in [-0.15, -0.1) is 0 Å². The number of primary amides is 1. The number of nitrogens with one attached hydrogen (secondary N) is 3. The second kappa shape index (κ2) is 9.78. The standard InChI is InChI=1S/C22H27N5O3/c1-15(28)25-18-7-5-6-16(12-18)14-24-22(30)26-19-13-17(21(23)29)8-9-20(19)27-10-3-2-4-11-27/h5-9,12-13H,2-4,10-11,14H2,1H3,(H2,23,29)(H,25,28)(H2,24,26,30). The largest absolute Gasteiger partial charge is 0.370 e. The van der Waals surface area contributed by atoms with Crippen LogP contribution < -0.4 is 26.6 Å². The quantitative estimate of drug-likeness (QED) is 0.587. The van der Waals surface area contributed by atoms with Gasteiger partial charge in [0.05, 0.1) is 11.4 Å². The van der Waals surface area contributed by atoms with E-state index >= 15 is 0 Å². The summed E-state index contributed by atoms with van der Waals surface area (Å²) in [6.45, 7) is 3.54. The van der Waals surface area contributed by atoms with Crippen LogP contribution in [0.5, 0.6) is 0 Å². The van der Waals surface area contributed by atoms with Crippen LogP contribution in [0, 0.1) is 0 Å². The molecule has 30 heavy (non-hydrogen) atoms. The lowest BCUT2D eigenvalue weighted by Gasteiger charge is -2.30. The first-order valence-electron chi connectivity index (χ1n) is 10.0. The molecule has 0 atom stereocenters. The first-order chi connectivity index (χ1) is 14.4. The lowest BCUT2D eigenvalue weighted by atomic mass is 10.1. The molecule has 5 N–H and O–H groups in total. The maximum Gasteiger partial charge on any atom is 0.319 e. The summed E-state index contributed by atoms with van der Waals surface area (Å²) >= 11 is 0. The average Bonchev–Trinajstić information content (AvgIpc) is 2.72. The maximum absolute atomic E-state index is 12.5. The Morgan fingerprint density at radius 2 is 1.77 bits per heavy atom. The lowest BCUT2D eigenvalue weighted by Crippen LogP contribution is -2.32. The molecule has 0 unspecified atom stereocenters. The van der Waals surface area contributed by atoms with E-state index in [9.17, 15) is 14.4 Å². The van der Waals surface area contributed by atoms with E-state index in [1.165, 1.54) is 13.3 Å². The maximum atomic E-state index is 12.5. The van der Waals surface area contributed by atoms with E-state index in [0.29, 0.717) is 16.9 Å². The predicted molar refractivity (Wildman–Crippen MR) is 118 cm³/mol. The summed E-state index contributed by atoms with van der Waals surface area (Å²) in [7, 11) is 0. The van der Waals surface area contributed by atoms with Gasteiger partial charge in [-0.2, -0.15) is 0 Å². The smallest absolute Gasteiger partial charge is 0.319 e. The van der Waals surface area contributed by atoms with E-state index in [-0.39, 0.29) is 18.5 Å². The van der Waals surface area contributed by atoms with Crippen LogP contribution in [0.2, 0.25) is 0 Å². The number of carbonyl (C=O) groups is 3. The van der Waals surface area contributed by atoms with Crippen molar-refractivity contribution in [3.05, 3.63) is 53.6 Å². The Hall–Kier alpha value is -3.55. The highest BCUT2D eigenvalue weighted by molar-refractivity contribution is 5.99. The third kappa shape index (κ3) is 5.73. The number of hydrogen-bond donors (Lipinski definition) is 4. The van der Waals surface area contributed by atoms with Crippen molar-refractivity contribution in [1.29, 1.82) is 0 Å². The highest BCUT2D eigenvalue weighted by atomic mass is 16.2. The number of piperidine rings is 1. The highest BCUT2D eigenvalue weighted by Crippen LogP contribution is 2.29. The third-order valence-electron chi connectivity index (χ3n) is 4.93. The molecular formula is C22H27N5O3. The molecule has 8 heteroatoms. The van der Waals surface area contributed by atoms with Gasteiger partial charge in [-0.3, -0.25) is 9.59 Å². The van der Waals surface area contributed by atoms with Crippen molar-refractivity contribution in [3.63, 3.8) is 0 Å². The van der Waals surface area contributed by atoms with E-state index in [0.717, 1.165) is 37.2 Å². The van der Waals surface area contributed by atoms with Gasteiger partial charge in [0, 0.05) is 37.8 Å². The van der Waals surface area contributed by atoms with Crippen molar-refractivity contribution in [2.75, 3.05) is 28.6 Å². The van der Waals surface area contributed by atoms with Gasteiger partial charge < -0.3 is 26.6 Å². The summed E-state index contributed by atoms with van der Waals surface area (Å²) in [5, 5.41) is 8.38. The molecule has 1 saturated heterocycles. The van der Waals surface area contributed by atoms with Gasteiger partial charge >= 0.3 is 6.03 Å². The van der Waals surface area contributed by atoms with Crippen LogP contribution in [0.3, 0.4) is 0 Å². The fourth-order valence-corrected chi connectivity index (χ4v) is 3.51.